The number of phenolic OH excluding ortho intramolecular Hbond substituents is 1. The molecular weight excluding hydrogens is 624 g/mol. The Bertz CT molecular complexity index is 1700. The van der Waals surface area contributed by atoms with E-state index in [9.17, 15) is 24.9 Å². The second-order valence-corrected chi connectivity index (χ2v) is 12.3. The number of benzene rings is 4. The minimum Gasteiger partial charge on any atom is -0.508 e. The average Bonchev–Trinajstić information content (AvgIpc) is 3.09. The van der Waals surface area contributed by atoms with Crippen molar-refractivity contribution in [2.45, 2.75) is 56.9 Å². The van der Waals surface area contributed by atoms with E-state index in [1.165, 1.54) is 0 Å². The Morgan fingerprint density at radius 2 is 1.63 bits per heavy atom. The summed E-state index contributed by atoms with van der Waals surface area (Å²) in [5.74, 6) is -0.337. The molecule has 7 N–H and O–H groups in total. The standard InChI is InChI=1S/C38H44N4O7/c1-42(23-34(45)27-7-5-10-30(44)20-27)22-31-21-35(26-17-15-25(24-43)16-18-26)49-38(48-31)28-8-4-9-29(19-28)40-36(46)13-6-14-37(47)41-33-12-3-2-11-32(33)39/h2-5,7-12,15-20,31,34-35,38,43-45H,6,13-14,21-24,39H2,1H3,(H,40,46)(H,41,47). The number of aromatic hydroxyl groups is 1. The van der Waals surface area contributed by atoms with E-state index in [0.717, 1.165) is 16.7 Å². The van der Waals surface area contributed by atoms with Gasteiger partial charge in [-0.2, -0.15) is 0 Å². The molecule has 4 unspecified atom stereocenters. The van der Waals surface area contributed by atoms with Gasteiger partial charge < -0.3 is 46.1 Å². The van der Waals surface area contributed by atoms with E-state index in [2.05, 4.69) is 10.6 Å². The summed E-state index contributed by atoms with van der Waals surface area (Å²) >= 11 is 0. The molecule has 4 aromatic rings. The van der Waals surface area contributed by atoms with Crippen LogP contribution in [0.1, 0.15) is 66.4 Å². The Morgan fingerprint density at radius 3 is 2.37 bits per heavy atom. The molecule has 0 spiro atoms. The maximum Gasteiger partial charge on any atom is 0.224 e. The number of aliphatic hydroxyl groups is 2. The lowest BCUT2D eigenvalue weighted by atomic mass is 9.99. The van der Waals surface area contributed by atoms with Gasteiger partial charge in [0.05, 0.1) is 36.3 Å². The van der Waals surface area contributed by atoms with Gasteiger partial charge in [0.2, 0.25) is 11.8 Å². The number of hydrogen-bond donors (Lipinski definition) is 6. The van der Waals surface area contributed by atoms with Crippen molar-refractivity contribution in [3.63, 3.8) is 0 Å². The summed E-state index contributed by atoms with van der Waals surface area (Å²) in [5.41, 5.74) is 10.6. The lowest BCUT2D eigenvalue weighted by Gasteiger charge is -2.38. The molecule has 0 radical (unpaired) electrons. The third-order valence-corrected chi connectivity index (χ3v) is 8.35. The van der Waals surface area contributed by atoms with Gasteiger partial charge in [0.15, 0.2) is 6.29 Å². The fraction of sp³-hybridized carbons (Fsp3) is 0.316. The summed E-state index contributed by atoms with van der Waals surface area (Å²) in [6.45, 7) is 0.775. The largest absolute Gasteiger partial charge is 0.508 e. The number of carbonyl (C=O) groups excluding carboxylic acids is 2. The topological polar surface area (TPSA) is 167 Å². The van der Waals surface area contributed by atoms with Crippen LogP contribution in [0.25, 0.3) is 0 Å². The molecule has 1 heterocycles. The van der Waals surface area contributed by atoms with Crippen molar-refractivity contribution in [2.75, 3.05) is 36.5 Å². The molecule has 1 aliphatic heterocycles. The zero-order valence-corrected chi connectivity index (χ0v) is 27.5. The highest BCUT2D eigenvalue weighted by atomic mass is 16.7. The highest BCUT2D eigenvalue weighted by Gasteiger charge is 2.33. The third kappa shape index (κ3) is 10.4. The Morgan fingerprint density at radius 1 is 0.898 bits per heavy atom. The van der Waals surface area contributed by atoms with Crippen LogP contribution in [0.15, 0.2) is 97.1 Å². The van der Waals surface area contributed by atoms with Gasteiger partial charge in [0, 0.05) is 43.6 Å². The summed E-state index contributed by atoms with van der Waals surface area (Å²) in [4.78, 5) is 27.1. The predicted molar refractivity (Wildman–Crippen MR) is 187 cm³/mol. The number of anilines is 3. The number of nitrogens with two attached hydrogens (primary N) is 1. The zero-order valence-electron chi connectivity index (χ0n) is 27.5. The Hall–Kier alpha value is -4.78. The lowest BCUT2D eigenvalue weighted by molar-refractivity contribution is -0.252. The van der Waals surface area contributed by atoms with Crippen LogP contribution in [0.5, 0.6) is 5.75 Å². The quantitative estimate of drug-likeness (QED) is 0.0962. The third-order valence-electron chi connectivity index (χ3n) is 8.35. The number of aliphatic hydroxyl groups excluding tert-OH is 2. The van der Waals surface area contributed by atoms with Crippen molar-refractivity contribution >= 4 is 28.9 Å². The van der Waals surface area contributed by atoms with Gasteiger partial charge in [-0.25, -0.2) is 0 Å². The Labute approximate surface area is 286 Å². The molecule has 11 heteroatoms. The van der Waals surface area contributed by atoms with Crippen molar-refractivity contribution < 1.29 is 34.4 Å². The van der Waals surface area contributed by atoms with Gasteiger partial charge in [-0.05, 0) is 66.6 Å². The number of para-hydroxylation sites is 2. The van der Waals surface area contributed by atoms with E-state index < -0.39 is 12.4 Å². The average molecular weight is 669 g/mol. The van der Waals surface area contributed by atoms with E-state index in [1.54, 1.807) is 54.6 Å². The van der Waals surface area contributed by atoms with Crippen molar-refractivity contribution in [3.8, 4) is 5.75 Å². The van der Waals surface area contributed by atoms with Crippen molar-refractivity contribution in [2.24, 2.45) is 0 Å². The summed E-state index contributed by atoms with van der Waals surface area (Å²) in [5, 5.41) is 35.8. The van der Waals surface area contributed by atoms with E-state index in [0.29, 0.717) is 48.6 Å². The second kappa shape index (κ2) is 17.0. The number of nitrogens with one attached hydrogen (secondary N) is 2. The molecule has 4 atom stereocenters. The first-order valence-corrected chi connectivity index (χ1v) is 16.4. The van der Waals surface area contributed by atoms with Crippen molar-refractivity contribution in [3.05, 3.63) is 119 Å². The van der Waals surface area contributed by atoms with Crippen LogP contribution in [0.3, 0.4) is 0 Å². The summed E-state index contributed by atoms with van der Waals surface area (Å²) in [6, 6.07) is 28.5. The van der Waals surface area contributed by atoms with Crippen LogP contribution in [-0.4, -0.2) is 58.3 Å². The number of hydrogen-bond acceptors (Lipinski definition) is 9. The molecule has 49 heavy (non-hydrogen) atoms. The number of ether oxygens (including phenoxy) is 2. The number of amides is 2. The molecule has 0 aromatic heterocycles. The summed E-state index contributed by atoms with van der Waals surface area (Å²) < 4.78 is 12.9. The van der Waals surface area contributed by atoms with Crippen LogP contribution < -0.4 is 16.4 Å². The number of phenols is 1. The first-order valence-electron chi connectivity index (χ1n) is 16.4. The first-order chi connectivity index (χ1) is 23.7. The number of rotatable bonds is 14. The van der Waals surface area contributed by atoms with E-state index in [4.69, 9.17) is 15.2 Å². The van der Waals surface area contributed by atoms with Gasteiger partial charge in [0.25, 0.3) is 0 Å². The molecule has 2 amide bonds. The molecule has 1 saturated heterocycles. The minimum absolute atomic E-state index is 0.0546. The summed E-state index contributed by atoms with van der Waals surface area (Å²) in [7, 11) is 1.90. The predicted octanol–water partition coefficient (Wildman–Crippen LogP) is 5.43. The number of carbonyl (C=O) groups is 2. The summed E-state index contributed by atoms with van der Waals surface area (Å²) in [6.07, 6.45) is -0.855. The highest BCUT2D eigenvalue weighted by molar-refractivity contribution is 5.94. The number of likely N-dealkylation sites (N-methyl/N-ethyl adjacent to an activating group) is 1. The minimum atomic E-state index is -0.799. The second-order valence-electron chi connectivity index (χ2n) is 12.3. The molecule has 1 aliphatic rings. The maximum absolute atomic E-state index is 12.8. The monoisotopic (exact) mass is 668 g/mol. The van der Waals surface area contributed by atoms with Gasteiger partial charge in [0.1, 0.15) is 5.75 Å². The molecular formula is C38H44N4O7. The molecule has 5 rings (SSSR count). The van der Waals surface area contributed by atoms with Crippen LogP contribution in [0.2, 0.25) is 0 Å². The molecule has 0 saturated carbocycles. The lowest BCUT2D eigenvalue weighted by Crippen LogP contribution is -2.39. The SMILES string of the molecule is CN(CC1CC(c2ccc(CO)cc2)OC(c2cccc(NC(=O)CCCC(=O)Nc3ccccc3N)c2)O1)CC(O)c1cccc(O)c1. The normalized spacial score (nSPS) is 18.2. The fourth-order valence-electron chi connectivity index (χ4n) is 5.81. The maximum atomic E-state index is 12.8. The van der Waals surface area contributed by atoms with Gasteiger partial charge in [-0.1, -0.05) is 60.7 Å². The molecule has 258 valence electrons. The van der Waals surface area contributed by atoms with Gasteiger partial charge in [-0.3, -0.25) is 9.59 Å². The van der Waals surface area contributed by atoms with Gasteiger partial charge in [-0.15, -0.1) is 0 Å². The van der Waals surface area contributed by atoms with Crippen LogP contribution in [0, 0.1) is 0 Å². The van der Waals surface area contributed by atoms with Crippen LogP contribution in [-0.2, 0) is 25.7 Å². The number of nitrogens with zero attached hydrogens (tertiary/aromatic N) is 1. The Balaban J connectivity index is 1.21. The van der Waals surface area contributed by atoms with E-state index >= 15 is 0 Å². The fourth-order valence-corrected chi connectivity index (χ4v) is 5.81. The molecule has 4 aromatic carbocycles. The van der Waals surface area contributed by atoms with E-state index in [1.807, 2.05) is 54.4 Å². The van der Waals surface area contributed by atoms with E-state index in [-0.39, 0.29) is 49.2 Å². The molecule has 0 bridgehead atoms. The zero-order chi connectivity index (χ0) is 34.8. The first kappa shape index (κ1) is 35.5. The molecule has 1 fully saturated rings. The van der Waals surface area contributed by atoms with Crippen LogP contribution >= 0.6 is 0 Å². The molecule has 0 aliphatic carbocycles. The molecule has 11 nitrogen and oxygen atoms in total. The Kier molecular flexibility index (Phi) is 12.4. The smallest absolute Gasteiger partial charge is 0.224 e. The van der Waals surface area contributed by atoms with Crippen molar-refractivity contribution in [1.29, 1.82) is 0 Å². The highest BCUT2D eigenvalue weighted by Crippen LogP contribution is 2.39. The van der Waals surface area contributed by atoms with Crippen LogP contribution in [0.4, 0.5) is 17.1 Å². The van der Waals surface area contributed by atoms with Gasteiger partial charge >= 0.3 is 0 Å². The number of nitrogen functional groups attached to an aromatic ring is 1. The van der Waals surface area contributed by atoms with Crippen molar-refractivity contribution in [1.82, 2.24) is 4.90 Å².